The van der Waals surface area contributed by atoms with Crippen LogP contribution in [-0.4, -0.2) is 0 Å². The van der Waals surface area contributed by atoms with Gasteiger partial charge in [0.05, 0.1) is 0 Å². The molecule has 0 fully saturated rings. The minimum absolute atomic E-state index is 0.0964. The van der Waals surface area contributed by atoms with Crippen molar-refractivity contribution in [1.82, 2.24) is 0 Å². The Morgan fingerprint density at radius 2 is 0.349 bits per heavy atom. The lowest BCUT2D eigenvalue weighted by atomic mass is 9.83. The highest BCUT2D eigenvalue weighted by Crippen LogP contribution is 2.52. The molecule has 0 spiro atoms. The summed E-state index contributed by atoms with van der Waals surface area (Å²) in [6.45, 7) is 6.82. The van der Waals surface area contributed by atoms with E-state index in [1.807, 2.05) is 36.4 Å². The first-order valence-corrected chi connectivity index (χ1v) is 51.4. The normalized spacial score (nSPS) is 11.7. The fourth-order valence-corrected chi connectivity index (χ4v) is 23.2. The summed E-state index contributed by atoms with van der Waals surface area (Å²) in [5, 5.41) is 24.4. The molecule has 0 saturated heterocycles. The predicted molar refractivity (Wildman–Crippen MR) is 633 cm³/mol. The Kier molecular flexibility index (Phi) is 22.2. The Morgan fingerprint density at radius 1 is 0.128 bits per heavy atom. The number of hydrogen-bond acceptors (Lipinski definition) is 3. The average Bonchev–Trinajstić information content (AvgIpc) is 1.42. The van der Waals surface area contributed by atoms with Gasteiger partial charge in [0.1, 0.15) is 33.5 Å². The van der Waals surface area contributed by atoms with Crippen molar-refractivity contribution in [3.63, 3.8) is 0 Å². The molecule has 29 aromatic rings. The largest absolute Gasteiger partial charge is 0.455 e. The van der Waals surface area contributed by atoms with Crippen molar-refractivity contribution in [3.8, 4) is 145 Å². The van der Waals surface area contributed by atoms with E-state index in [4.69, 9.17) is 13.3 Å². The summed E-state index contributed by atoms with van der Waals surface area (Å²) in [6.07, 6.45) is 0. The van der Waals surface area contributed by atoms with Crippen LogP contribution in [0, 0.1) is 0 Å². The number of para-hydroxylation sites is 6. The Morgan fingerprint density at radius 3 is 0.705 bits per heavy atom. The summed E-state index contributed by atoms with van der Waals surface area (Å²) < 4.78 is 19.3. The van der Waals surface area contributed by atoms with E-state index in [1.165, 1.54) is 192 Å². The van der Waals surface area contributed by atoms with E-state index in [9.17, 15) is 0 Å². The molecule has 3 heterocycles. The van der Waals surface area contributed by atoms with Crippen LogP contribution in [0.2, 0.25) is 0 Å². The molecule has 0 atom stereocenters. The van der Waals surface area contributed by atoms with Crippen molar-refractivity contribution in [2.75, 3.05) is 0 Å². The molecule has 29 rings (SSSR count). The van der Waals surface area contributed by atoms with Gasteiger partial charge in [0.25, 0.3) is 0 Å². The third kappa shape index (κ3) is 16.0. The van der Waals surface area contributed by atoms with E-state index in [0.717, 1.165) is 99.2 Å². The zero-order valence-corrected chi connectivity index (χ0v) is 82.6. The molecule has 149 heavy (non-hydrogen) atoms. The van der Waals surface area contributed by atoms with Crippen molar-refractivity contribution in [1.29, 1.82) is 0 Å². The lowest BCUT2D eigenvalue weighted by Gasteiger charge is -2.21. The van der Waals surface area contributed by atoms with Gasteiger partial charge in [-0.1, -0.05) is 494 Å². The summed E-state index contributed by atoms with van der Waals surface area (Å²) in [5.41, 5.74) is 38.1. The molecule has 0 saturated carbocycles. The van der Waals surface area contributed by atoms with Gasteiger partial charge in [-0.2, -0.15) is 0 Å². The topological polar surface area (TPSA) is 39.4 Å². The molecule has 26 aromatic carbocycles. The van der Waals surface area contributed by atoms with Crippen molar-refractivity contribution < 1.29 is 13.3 Å². The van der Waals surface area contributed by atoms with Crippen molar-refractivity contribution in [3.05, 3.63) is 545 Å². The molecule has 3 heteroatoms. The van der Waals surface area contributed by atoms with Gasteiger partial charge in [-0.3, -0.25) is 0 Å². The minimum atomic E-state index is 0.0964. The maximum atomic E-state index is 6.44. The SMILES string of the molecule is CC(C)(C)c1ccc(-c2c3ccccc3c(-c3ccccc3)c3cc(-c4cccc(-c5cccc6c5oc5ccccc56)c4)ccc23)cc1.c1ccc(-c2c3ccccc3c(-c3ccc4ccccc4c3)c3ccc(-c4cccc(-c5cccc6c5oc5ccccc56)c4)cc23)cc1.c1ccc(-c2cccc(-c3c4ccccc4c(-c4ccccc4)c4cc(-c5cccc(-c6cccc7c6oc6ccccc67)c5)ccc34)c2)cc1. The monoisotopic (exact) mass is 1900 g/mol. The standard InChI is InChI=1S/C50H32O.C48H30O.C48H36O/c1-3-14-33(15-4-1)35-18-12-21-39(31-35)49-43-24-8-7-23-42(43)48(34-16-5-2-6-17-34)46-32-37(28-29-44(46)49)36-19-11-20-38(30-36)40-25-13-26-45-41-22-9-10-27-47(41)51-50(40)45;1-2-13-32(14-3-1)46-40-19-6-7-20-41(40)47(37-25-24-31-12-4-5-15-33(31)29-37)42-27-26-35(30-44(42)46)34-16-10-17-36(28-34)38-21-11-22-43-39-18-8-9-23-45(39)49-48(38)43;1-48(2,3)36-26-23-32(24-27-36)45-39-18-7-8-19-40(39)46(31-13-5-4-6-14-31)43-30-34(25-28-41(43)45)33-15-11-16-35(29-33)37-20-12-21-42-38-17-9-10-22-44(38)49-47(37)42/h1-32H;1-30H;4-30H,1-3H3. The third-order valence-corrected chi connectivity index (χ3v) is 30.3. The molecular weight excluding hydrogens is 1800 g/mol. The van der Waals surface area contributed by atoms with E-state index >= 15 is 0 Å². The number of benzene rings is 26. The molecule has 0 bridgehead atoms. The van der Waals surface area contributed by atoms with Gasteiger partial charge in [0.2, 0.25) is 0 Å². The maximum absolute atomic E-state index is 6.44. The summed E-state index contributed by atoms with van der Waals surface area (Å²) >= 11 is 0. The van der Waals surface area contributed by atoms with Gasteiger partial charge in [0, 0.05) is 49.0 Å². The van der Waals surface area contributed by atoms with Crippen molar-refractivity contribution >= 4 is 141 Å². The van der Waals surface area contributed by atoms with Crippen molar-refractivity contribution in [2.45, 2.75) is 26.2 Å². The van der Waals surface area contributed by atoms with Crippen LogP contribution in [0.4, 0.5) is 0 Å². The summed E-state index contributed by atoms with van der Waals surface area (Å²) in [5.74, 6) is 0. The molecule has 700 valence electrons. The zero-order chi connectivity index (χ0) is 99.2. The van der Waals surface area contributed by atoms with Crippen LogP contribution >= 0.6 is 0 Å². The van der Waals surface area contributed by atoms with Gasteiger partial charge in [-0.05, 0) is 281 Å². The van der Waals surface area contributed by atoms with E-state index in [0.29, 0.717) is 0 Å². The van der Waals surface area contributed by atoms with Gasteiger partial charge in [-0.25, -0.2) is 0 Å². The quantitative estimate of drug-likeness (QED) is 0.108. The fraction of sp³-hybridized carbons (Fsp3) is 0.0274. The van der Waals surface area contributed by atoms with E-state index in [2.05, 4.69) is 524 Å². The molecule has 3 aromatic heterocycles. The van der Waals surface area contributed by atoms with Crippen LogP contribution in [0.5, 0.6) is 0 Å². The second kappa shape index (κ2) is 37.3. The second-order valence-corrected chi connectivity index (χ2v) is 40.2. The summed E-state index contributed by atoms with van der Waals surface area (Å²) in [4.78, 5) is 0. The van der Waals surface area contributed by atoms with E-state index in [-0.39, 0.29) is 5.41 Å². The average molecular weight is 1900 g/mol. The lowest BCUT2D eigenvalue weighted by molar-refractivity contribution is 0.590. The first-order valence-electron chi connectivity index (χ1n) is 51.4. The smallest absolute Gasteiger partial charge is 0.143 e. The Bertz CT molecular complexity index is 10300. The number of furan rings is 3. The molecule has 3 nitrogen and oxygen atoms in total. The molecule has 0 unspecified atom stereocenters. The number of hydrogen-bond donors (Lipinski definition) is 0. The zero-order valence-electron chi connectivity index (χ0n) is 82.6. The highest BCUT2D eigenvalue weighted by molar-refractivity contribution is 6.26. The van der Waals surface area contributed by atoms with Crippen LogP contribution in [0.3, 0.4) is 0 Å². The number of fused-ring (bicyclic) bond motifs is 16. The van der Waals surface area contributed by atoms with Crippen LogP contribution in [-0.2, 0) is 5.41 Å². The maximum Gasteiger partial charge on any atom is 0.143 e. The molecule has 0 aliphatic heterocycles. The summed E-state index contributed by atoms with van der Waals surface area (Å²) in [7, 11) is 0. The molecule has 0 aliphatic rings. The van der Waals surface area contributed by atoms with Gasteiger partial charge in [0.15, 0.2) is 0 Å². The van der Waals surface area contributed by atoms with Gasteiger partial charge >= 0.3 is 0 Å². The van der Waals surface area contributed by atoms with E-state index in [1.54, 1.807) is 0 Å². The predicted octanol–water partition coefficient (Wildman–Crippen LogP) is 41.8. The highest BCUT2D eigenvalue weighted by Gasteiger charge is 2.26. The fourth-order valence-electron chi connectivity index (χ4n) is 23.2. The first kappa shape index (κ1) is 88.8. The van der Waals surface area contributed by atoms with Crippen LogP contribution in [0.1, 0.15) is 26.3 Å². The lowest BCUT2D eigenvalue weighted by Crippen LogP contribution is -2.10. The summed E-state index contributed by atoms with van der Waals surface area (Å²) in [6, 6.07) is 195. The molecule has 0 amide bonds. The van der Waals surface area contributed by atoms with Gasteiger partial charge < -0.3 is 13.3 Å². The molecular formula is C146H98O3. The number of rotatable bonds is 13. The molecule has 0 aliphatic carbocycles. The Hall–Kier alpha value is -19.1. The van der Waals surface area contributed by atoms with Crippen LogP contribution < -0.4 is 0 Å². The first-order chi connectivity index (χ1) is 73.5. The highest BCUT2D eigenvalue weighted by atomic mass is 16.3. The molecule has 0 N–H and O–H groups in total. The minimum Gasteiger partial charge on any atom is -0.455 e. The van der Waals surface area contributed by atoms with E-state index < -0.39 is 0 Å². The second-order valence-electron chi connectivity index (χ2n) is 40.2. The Balaban J connectivity index is 0.000000110. The van der Waals surface area contributed by atoms with Crippen molar-refractivity contribution in [2.24, 2.45) is 0 Å². The van der Waals surface area contributed by atoms with Crippen LogP contribution in [0.25, 0.3) is 286 Å². The Labute approximate surface area is 864 Å². The van der Waals surface area contributed by atoms with Gasteiger partial charge in [-0.15, -0.1) is 0 Å². The third-order valence-electron chi connectivity index (χ3n) is 30.3. The molecule has 0 radical (unpaired) electrons. The van der Waals surface area contributed by atoms with Crippen LogP contribution in [0.15, 0.2) is 553 Å².